The van der Waals surface area contributed by atoms with Gasteiger partial charge >= 0.3 is 6.03 Å². The summed E-state index contributed by atoms with van der Waals surface area (Å²) in [5.41, 5.74) is 4.86. The van der Waals surface area contributed by atoms with Crippen LogP contribution in [0.15, 0.2) is 42.5 Å². The van der Waals surface area contributed by atoms with Gasteiger partial charge in [-0.15, -0.1) is 0 Å². The highest BCUT2D eigenvalue weighted by Gasteiger charge is 2.18. The first-order valence-corrected chi connectivity index (χ1v) is 9.78. The molecule has 2 aromatic carbocycles. The third-order valence-corrected chi connectivity index (χ3v) is 5.39. The van der Waals surface area contributed by atoms with E-state index in [2.05, 4.69) is 22.8 Å². The Hall–Kier alpha value is -2.82. The largest absolute Gasteiger partial charge is 0.339 e. The van der Waals surface area contributed by atoms with Gasteiger partial charge in [-0.25, -0.2) is 4.79 Å². The third-order valence-electron chi connectivity index (χ3n) is 5.39. The van der Waals surface area contributed by atoms with Crippen LogP contribution in [0.5, 0.6) is 0 Å². The van der Waals surface area contributed by atoms with E-state index in [4.69, 9.17) is 0 Å². The number of rotatable bonds is 3. The van der Waals surface area contributed by atoms with Crippen molar-refractivity contribution >= 4 is 23.3 Å². The van der Waals surface area contributed by atoms with Gasteiger partial charge in [0, 0.05) is 30.0 Å². The van der Waals surface area contributed by atoms with Gasteiger partial charge in [0.1, 0.15) is 0 Å². The van der Waals surface area contributed by atoms with Gasteiger partial charge in [0.15, 0.2) is 0 Å². The van der Waals surface area contributed by atoms with Crippen LogP contribution in [0.1, 0.15) is 47.2 Å². The van der Waals surface area contributed by atoms with Crippen molar-refractivity contribution in [1.82, 2.24) is 4.90 Å². The molecule has 2 aliphatic rings. The number of piperidine rings is 1. The van der Waals surface area contributed by atoms with Crippen molar-refractivity contribution in [3.05, 3.63) is 59.2 Å². The smallest absolute Gasteiger partial charge is 0.323 e. The van der Waals surface area contributed by atoms with E-state index in [0.29, 0.717) is 11.3 Å². The molecule has 140 valence electrons. The van der Waals surface area contributed by atoms with Gasteiger partial charge in [-0.3, -0.25) is 4.79 Å². The van der Waals surface area contributed by atoms with E-state index < -0.39 is 0 Å². The predicted octanol–water partition coefficient (Wildman–Crippen LogP) is 4.45. The standard InChI is InChI=1S/C22H25N3O2/c26-21(25-13-2-1-3-14-25)17-8-10-19(11-9-17)23-22(27)24-20-12-7-16-5-4-6-18(16)15-20/h7-12,15H,1-6,13-14H2,(H2,23,24,27). The number of likely N-dealkylation sites (tertiary alicyclic amines) is 1. The summed E-state index contributed by atoms with van der Waals surface area (Å²) in [5.74, 6) is 0.0730. The lowest BCUT2D eigenvalue weighted by Crippen LogP contribution is -2.35. The quantitative estimate of drug-likeness (QED) is 0.846. The third kappa shape index (κ3) is 4.13. The molecule has 4 rings (SSSR count). The Balaban J connectivity index is 1.35. The number of carbonyl (C=O) groups excluding carboxylic acids is 2. The molecule has 1 saturated heterocycles. The molecule has 0 unspecified atom stereocenters. The highest BCUT2D eigenvalue weighted by molar-refractivity contribution is 6.00. The molecule has 2 aromatic rings. The first-order valence-electron chi connectivity index (χ1n) is 9.78. The van der Waals surface area contributed by atoms with Gasteiger partial charge in [0.05, 0.1) is 0 Å². The molecule has 0 spiro atoms. The summed E-state index contributed by atoms with van der Waals surface area (Å²) in [6, 6.07) is 12.9. The van der Waals surface area contributed by atoms with Crippen LogP contribution in [0.2, 0.25) is 0 Å². The molecule has 1 aliphatic carbocycles. The molecular formula is C22H25N3O2. The Kier molecular flexibility index (Phi) is 5.10. The number of fused-ring (bicyclic) bond motifs is 1. The molecule has 0 radical (unpaired) electrons. The summed E-state index contributed by atoms with van der Waals surface area (Å²) in [6.45, 7) is 1.67. The van der Waals surface area contributed by atoms with Gasteiger partial charge in [-0.05, 0) is 86.1 Å². The van der Waals surface area contributed by atoms with Gasteiger partial charge in [-0.2, -0.15) is 0 Å². The van der Waals surface area contributed by atoms with E-state index in [1.165, 1.54) is 24.0 Å². The predicted molar refractivity (Wildman–Crippen MR) is 107 cm³/mol. The highest BCUT2D eigenvalue weighted by Crippen LogP contribution is 2.25. The number of nitrogens with zero attached hydrogens (tertiary/aromatic N) is 1. The van der Waals surface area contributed by atoms with E-state index >= 15 is 0 Å². The Labute approximate surface area is 159 Å². The normalized spacial score (nSPS) is 15.9. The van der Waals surface area contributed by atoms with Crippen LogP contribution < -0.4 is 10.6 Å². The van der Waals surface area contributed by atoms with E-state index in [1.807, 2.05) is 11.0 Å². The molecule has 5 heteroatoms. The van der Waals surface area contributed by atoms with Crippen LogP contribution in [0, 0.1) is 0 Å². The second kappa shape index (κ2) is 7.82. The maximum absolute atomic E-state index is 12.5. The summed E-state index contributed by atoms with van der Waals surface area (Å²) >= 11 is 0. The van der Waals surface area contributed by atoms with Crippen LogP contribution in [0.25, 0.3) is 0 Å². The summed E-state index contributed by atoms with van der Waals surface area (Å²) in [4.78, 5) is 26.7. The Morgan fingerprint density at radius 2 is 1.41 bits per heavy atom. The monoisotopic (exact) mass is 363 g/mol. The fraction of sp³-hybridized carbons (Fsp3) is 0.364. The Bertz CT molecular complexity index is 839. The SMILES string of the molecule is O=C(Nc1ccc(C(=O)N2CCCCC2)cc1)Nc1ccc2c(c1)CCC2. The van der Waals surface area contributed by atoms with Crippen LogP contribution in [0.4, 0.5) is 16.2 Å². The number of hydrogen-bond acceptors (Lipinski definition) is 2. The number of amides is 3. The fourth-order valence-corrected chi connectivity index (χ4v) is 3.92. The average Bonchev–Trinajstić information content (AvgIpc) is 3.16. The lowest BCUT2D eigenvalue weighted by Gasteiger charge is -2.26. The van der Waals surface area contributed by atoms with Crippen LogP contribution in [-0.4, -0.2) is 29.9 Å². The molecule has 5 nitrogen and oxygen atoms in total. The number of hydrogen-bond donors (Lipinski definition) is 2. The molecule has 1 fully saturated rings. The van der Waals surface area contributed by atoms with Crippen molar-refractivity contribution in [2.75, 3.05) is 23.7 Å². The number of benzene rings is 2. The lowest BCUT2D eigenvalue weighted by molar-refractivity contribution is 0.0724. The van der Waals surface area contributed by atoms with Crippen LogP contribution in [0.3, 0.4) is 0 Å². The molecule has 2 N–H and O–H groups in total. The molecule has 0 atom stereocenters. The van der Waals surface area contributed by atoms with E-state index in [0.717, 1.165) is 44.5 Å². The second-order valence-corrected chi connectivity index (χ2v) is 7.35. The van der Waals surface area contributed by atoms with Gasteiger partial charge in [-0.1, -0.05) is 6.07 Å². The molecule has 0 aromatic heterocycles. The molecule has 3 amide bonds. The number of carbonyl (C=O) groups is 2. The summed E-state index contributed by atoms with van der Waals surface area (Å²) in [7, 11) is 0. The molecule has 1 heterocycles. The van der Waals surface area contributed by atoms with Crippen molar-refractivity contribution < 1.29 is 9.59 Å². The zero-order valence-corrected chi connectivity index (χ0v) is 15.5. The average molecular weight is 363 g/mol. The first-order chi connectivity index (χ1) is 13.2. The molecular weight excluding hydrogens is 338 g/mol. The highest BCUT2D eigenvalue weighted by atomic mass is 16.2. The minimum atomic E-state index is -0.275. The zero-order valence-electron chi connectivity index (χ0n) is 15.5. The molecule has 1 aliphatic heterocycles. The van der Waals surface area contributed by atoms with Crippen molar-refractivity contribution in [1.29, 1.82) is 0 Å². The number of aryl methyl sites for hydroxylation is 2. The summed E-state index contributed by atoms with van der Waals surface area (Å²) in [6.07, 6.45) is 6.76. The lowest BCUT2D eigenvalue weighted by atomic mass is 10.1. The second-order valence-electron chi connectivity index (χ2n) is 7.35. The van der Waals surface area contributed by atoms with Gasteiger partial charge in [0.25, 0.3) is 5.91 Å². The van der Waals surface area contributed by atoms with Crippen molar-refractivity contribution in [3.8, 4) is 0 Å². The minimum absolute atomic E-state index is 0.0730. The van der Waals surface area contributed by atoms with Gasteiger partial charge < -0.3 is 15.5 Å². The van der Waals surface area contributed by atoms with Crippen LogP contribution in [-0.2, 0) is 12.8 Å². The number of anilines is 2. The summed E-state index contributed by atoms with van der Waals surface area (Å²) in [5, 5.41) is 5.71. The number of urea groups is 1. The van der Waals surface area contributed by atoms with Gasteiger partial charge in [0.2, 0.25) is 0 Å². The maximum Gasteiger partial charge on any atom is 0.323 e. The topological polar surface area (TPSA) is 61.4 Å². The van der Waals surface area contributed by atoms with E-state index in [1.54, 1.807) is 24.3 Å². The van der Waals surface area contributed by atoms with E-state index in [9.17, 15) is 9.59 Å². The fourth-order valence-electron chi connectivity index (χ4n) is 3.92. The Morgan fingerprint density at radius 3 is 2.19 bits per heavy atom. The minimum Gasteiger partial charge on any atom is -0.339 e. The first kappa shape index (κ1) is 17.6. The van der Waals surface area contributed by atoms with Crippen molar-refractivity contribution in [2.24, 2.45) is 0 Å². The number of nitrogens with one attached hydrogen (secondary N) is 2. The zero-order chi connectivity index (χ0) is 18.6. The Morgan fingerprint density at radius 1 is 0.741 bits per heavy atom. The maximum atomic E-state index is 12.5. The summed E-state index contributed by atoms with van der Waals surface area (Å²) < 4.78 is 0. The molecule has 0 bridgehead atoms. The van der Waals surface area contributed by atoms with Crippen molar-refractivity contribution in [3.63, 3.8) is 0 Å². The van der Waals surface area contributed by atoms with Crippen LogP contribution >= 0.6 is 0 Å². The molecule has 27 heavy (non-hydrogen) atoms. The van der Waals surface area contributed by atoms with Crippen molar-refractivity contribution in [2.45, 2.75) is 38.5 Å². The molecule has 0 saturated carbocycles. The van der Waals surface area contributed by atoms with E-state index in [-0.39, 0.29) is 11.9 Å².